The second-order valence-electron chi connectivity index (χ2n) is 5.62. The number of hydrogen-bond acceptors (Lipinski definition) is 6. The molecule has 3 N–H and O–H groups in total. The van der Waals surface area contributed by atoms with Gasteiger partial charge in [0.05, 0.1) is 17.3 Å². The number of rotatable bonds is 4. The number of primary amides is 1. The highest BCUT2D eigenvalue weighted by molar-refractivity contribution is 8.00. The standard InChI is InChI=1S/C19H15ClN4S.CH3NO/c1-12-9-15(7-8-22-12)17-11-23-19(20)18(13(17)2)24-25-16-5-3-14(10-21)4-6-16;2-1-3/h3-9,11,24H,1-2H3;1H,(H2,2,3). The molecule has 0 saturated carbocycles. The van der Waals surface area contributed by atoms with Crippen LogP contribution in [0.25, 0.3) is 11.1 Å². The number of nitrogens with zero attached hydrogens (tertiary/aromatic N) is 3. The first-order valence-corrected chi connectivity index (χ1v) is 9.36. The van der Waals surface area contributed by atoms with Gasteiger partial charge >= 0.3 is 0 Å². The van der Waals surface area contributed by atoms with Crippen molar-refractivity contribution >= 4 is 35.6 Å². The zero-order valence-electron chi connectivity index (χ0n) is 15.3. The molecule has 0 radical (unpaired) electrons. The van der Waals surface area contributed by atoms with Gasteiger partial charge < -0.3 is 10.5 Å². The van der Waals surface area contributed by atoms with Gasteiger partial charge in [-0.05, 0) is 73.3 Å². The van der Waals surface area contributed by atoms with E-state index in [1.54, 1.807) is 24.5 Å². The van der Waals surface area contributed by atoms with Crippen molar-refractivity contribution in [2.45, 2.75) is 18.7 Å². The minimum Gasteiger partial charge on any atom is -0.372 e. The van der Waals surface area contributed by atoms with Crippen LogP contribution in [0.15, 0.2) is 53.7 Å². The van der Waals surface area contributed by atoms with Crippen molar-refractivity contribution in [2.75, 3.05) is 4.72 Å². The van der Waals surface area contributed by atoms with Crippen LogP contribution in [0.4, 0.5) is 5.69 Å². The third-order valence-corrected chi connectivity index (χ3v) is 4.85. The van der Waals surface area contributed by atoms with Crippen LogP contribution in [0.1, 0.15) is 16.8 Å². The number of nitrogens with two attached hydrogens (primary N) is 1. The fraction of sp³-hybridized carbons (Fsp3) is 0.100. The number of carbonyl (C=O) groups excluding carboxylic acids is 1. The molecular weight excluding hydrogens is 394 g/mol. The Labute approximate surface area is 172 Å². The number of pyridine rings is 2. The maximum Gasteiger partial charge on any atom is 0.204 e. The summed E-state index contributed by atoms with van der Waals surface area (Å²) in [5.41, 5.74) is 9.62. The molecule has 142 valence electrons. The number of anilines is 1. The molecule has 1 aromatic carbocycles. The van der Waals surface area contributed by atoms with Gasteiger partial charge in [-0.15, -0.1) is 0 Å². The molecule has 2 aromatic heterocycles. The molecule has 2 heterocycles. The molecule has 0 spiro atoms. The normalized spacial score (nSPS) is 9.64. The molecule has 28 heavy (non-hydrogen) atoms. The predicted molar refractivity (Wildman–Crippen MR) is 113 cm³/mol. The van der Waals surface area contributed by atoms with E-state index in [2.05, 4.69) is 26.5 Å². The van der Waals surface area contributed by atoms with Crippen molar-refractivity contribution in [1.82, 2.24) is 9.97 Å². The molecule has 6 nitrogen and oxygen atoms in total. The third-order valence-electron chi connectivity index (χ3n) is 3.75. The van der Waals surface area contributed by atoms with Crippen molar-refractivity contribution in [2.24, 2.45) is 5.73 Å². The molecule has 0 aliphatic carbocycles. The van der Waals surface area contributed by atoms with Gasteiger partial charge in [0.2, 0.25) is 6.41 Å². The molecule has 0 saturated heterocycles. The maximum atomic E-state index is 8.86. The van der Waals surface area contributed by atoms with Gasteiger partial charge in [-0.25, -0.2) is 4.98 Å². The molecular formula is C20H18ClN5OS. The first kappa shape index (κ1) is 21.2. The molecule has 3 aromatic rings. The quantitative estimate of drug-likeness (QED) is 0.372. The number of amides is 1. The molecule has 1 amide bonds. The van der Waals surface area contributed by atoms with Gasteiger partial charge in [-0.3, -0.25) is 9.78 Å². The Kier molecular flexibility index (Phi) is 7.81. The number of carbonyl (C=O) groups is 1. The highest BCUT2D eigenvalue weighted by Gasteiger charge is 2.12. The molecule has 0 aliphatic rings. The minimum absolute atomic E-state index is 0.250. The highest BCUT2D eigenvalue weighted by Crippen LogP contribution is 2.35. The Morgan fingerprint density at radius 1 is 1.21 bits per heavy atom. The number of aromatic nitrogens is 2. The number of halogens is 1. The minimum atomic E-state index is 0.250. The summed E-state index contributed by atoms with van der Waals surface area (Å²) in [5.74, 6) is 0. The fourth-order valence-electron chi connectivity index (χ4n) is 2.40. The summed E-state index contributed by atoms with van der Waals surface area (Å²) in [5, 5.41) is 9.29. The van der Waals surface area contributed by atoms with Gasteiger partial charge in [-0.1, -0.05) is 11.6 Å². The van der Waals surface area contributed by atoms with Crippen molar-refractivity contribution in [1.29, 1.82) is 5.26 Å². The number of nitrogens with one attached hydrogen (secondary N) is 1. The monoisotopic (exact) mass is 411 g/mol. The Morgan fingerprint density at radius 3 is 2.50 bits per heavy atom. The van der Waals surface area contributed by atoms with Crippen LogP contribution in [0, 0.1) is 25.2 Å². The Hall–Kier alpha value is -3.08. The van der Waals surface area contributed by atoms with Gasteiger partial charge in [0.15, 0.2) is 5.15 Å². The molecule has 0 aliphatic heterocycles. The van der Waals surface area contributed by atoms with Crippen LogP contribution < -0.4 is 10.5 Å². The maximum absolute atomic E-state index is 8.86. The van der Waals surface area contributed by atoms with E-state index in [4.69, 9.17) is 21.7 Å². The number of aryl methyl sites for hydroxylation is 1. The number of hydrogen-bond donors (Lipinski definition) is 2. The van der Waals surface area contributed by atoms with Gasteiger partial charge in [0, 0.05) is 28.5 Å². The van der Waals surface area contributed by atoms with E-state index < -0.39 is 0 Å². The lowest BCUT2D eigenvalue weighted by atomic mass is 10.0. The van der Waals surface area contributed by atoms with Crippen molar-refractivity contribution in [3.8, 4) is 17.2 Å². The first-order valence-electron chi connectivity index (χ1n) is 8.16. The van der Waals surface area contributed by atoms with E-state index >= 15 is 0 Å². The van der Waals surface area contributed by atoms with Gasteiger partial charge in [-0.2, -0.15) is 5.26 Å². The van der Waals surface area contributed by atoms with Crippen molar-refractivity contribution < 1.29 is 4.79 Å². The van der Waals surface area contributed by atoms with Gasteiger partial charge in [0.25, 0.3) is 0 Å². The van der Waals surface area contributed by atoms with Crippen LogP contribution in [-0.2, 0) is 4.79 Å². The average Bonchev–Trinajstić information content (AvgIpc) is 2.69. The van der Waals surface area contributed by atoms with Crippen LogP contribution in [0.3, 0.4) is 0 Å². The largest absolute Gasteiger partial charge is 0.372 e. The lowest BCUT2D eigenvalue weighted by Gasteiger charge is -2.14. The van der Waals surface area contributed by atoms with E-state index in [-0.39, 0.29) is 6.41 Å². The topological polar surface area (TPSA) is 105 Å². The summed E-state index contributed by atoms with van der Waals surface area (Å²) in [4.78, 5) is 18.1. The Morgan fingerprint density at radius 2 is 1.89 bits per heavy atom. The summed E-state index contributed by atoms with van der Waals surface area (Å²) in [6.07, 6.45) is 3.82. The van der Waals surface area contributed by atoms with E-state index in [9.17, 15) is 0 Å². The predicted octanol–water partition coefficient (Wildman–Crippen LogP) is 4.51. The molecule has 0 atom stereocenters. The SMILES string of the molecule is Cc1cc(-c2cnc(Cl)c(NSc3ccc(C#N)cc3)c2C)ccn1.NC=O. The lowest BCUT2D eigenvalue weighted by Crippen LogP contribution is -1.97. The summed E-state index contributed by atoms with van der Waals surface area (Å²) >= 11 is 7.72. The van der Waals surface area contributed by atoms with Crippen LogP contribution in [0.2, 0.25) is 5.15 Å². The second kappa shape index (κ2) is 10.3. The molecule has 3 rings (SSSR count). The zero-order chi connectivity index (χ0) is 20.5. The summed E-state index contributed by atoms with van der Waals surface area (Å²) < 4.78 is 3.28. The zero-order valence-corrected chi connectivity index (χ0v) is 16.9. The average molecular weight is 412 g/mol. The number of benzene rings is 1. The summed E-state index contributed by atoms with van der Waals surface area (Å²) in [7, 11) is 0. The molecule has 8 heteroatoms. The number of nitriles is 1. The first-order chi connectivity index (χ1) is 13.5. The van der Waals surface area contributed by atoms with E-state index in [1.807, 2.05) is 38.1 Å². The lowest BCUT2D eigenvalue weighted by molar-refractivity contribution is -0.106. The van der Waals surface area contributed by atoms with Crippen molar-refractivity contribution in [3.05, 3.63) is 70.8 Å². The molecule has 0 fully saturated rings. The fourth-order valence-corrected chi connectivity index (χ4v) is 3.44. The summed E-state index contributed by atoms with van der Waals surface area (Å²) in [6.45, 7) is 3.97. The highest BCUT2D eigenvalue weighted by atomic mass is 35.5. The van der Waals surface area contributed by atoms with Crippen molar-refractivity contribution in [3.63, 3.8) is 0 Å². The Balaban J connectivity index is 0.000000878. The smallest absolute Gasteiger partial charge is 0.204 e. The van der Waals surface area contributed by atoms with Gasteiger partial charge in [0.1, 0.15) is 0 Å². The van der Waals surface area contributed by atoms with E-state index in [1.165, 1.54) is 11.9 Å². The van der Waals surface area contributed by atoms with Crippen LogP contribution in [-0.4, -0.2) is 16.4 Å². The van der Waals surface area contributed by atoms with Crippen LogP contribution >= 0.6 is 23.5 Å². The second-order valence-corrected chi connectivity index (χ2v) is 6.86. The third kappa shape index (κ3) is 5.46. The molecule has 0 bridgehead atoms. The summed E-state index contributed by atoms with van der Waals surface area (Å²) in [6, 6.07) is 13.4. The van der Waals surface area contributed by atoms with E-state index in [0.717, 1.165) is 33.0 Å². The van der Waals surface area contributed by atoms with E-state index in [0.29, 0.717) is 10.7 Å². The molecule has 0 unspecified atom stereocenters. The van der Waals surface area contributed by atoms with Crippen LogP contribution in [0.5, 0.6) is 0 Å². The Bertz CT molecular complexity index is 1000.